The van der Waals surface area contributed by atoms with Crippen LogP contribution in [0.4, 0.5) is 9.52 Å². The number of halogens is 1. The van der Waals surface area contributed by atoms with Gasteiger partial charge in [-0.05, 0) is 76.6 Å². The van der Waals surface area contributed by atoms with Gasteiger partial charge in [-0.15, -0.1) is 11.3 Å². The van der Waals surface area contributed by atoms with Gasteiger partial charge in [0.25, 0.3) is 5.91 Å². The fourth-order valence-electron chi connectivity index (χ4n) is 3.22. The molecule has 9 heteroatoms. The number of aromatic nitrogens is 1. The second kappa shape index (κ2) is 10.7. The highest BCUT2D eigenvalue weighted by molar-refractivity contribution is 7.53. The lowest BCUT2D eigenvalue weighted by Gasteiger charge is -2.22. The standard InChI is InChI=1S/C24H28FN2O4PS/c1-15(2)30-32(29,31-16(3)4)14-18-6-8-20(9-7-18)23(28)27-24-26-22(17(5)33-24)19-10-12-21(25)13-11-19/h6-13,15-16H,14H2,1-5H3,(H,26,27,28). The van der Waals surface area contributed by atoms with Crippen LogP contribution < -0.4 is 5.32 Å². The number of amides is 1. The van der Waals surface area contributed by atoms with Crippen LogP contribution >= 0.6 is 18.9 Å². The summed E-state index contributed by atoms with van der Waals surface area (Å²) in [6, 6.07) is 12.9. The molecule has 0 aliphatic carbocycles. The molecule has 0 saturated carbocycles. The summed E-state index contributed by atoms with van der Waals surface area (Å²) in [7, 11) is -3.31. The molecule has 0 aliphatic heterocycles. The van der Waals surface area contributed by atoms with Crippen LogP contribution in [-0.4, -0.2) is 23.1 Å². The maximum atomic E-state index is 13.2. The van der Waals surface area contributed by atoms with Gasteiger partial charge in [0.2, 0.25) is 0 Å². The Bertz CT molecular complexity index is 1130. The summed E-state index contributed by atoms with van der Waals surface area (Å²) < 4.78 is 37.5. The summed E-state index contributed by atoms with van der Waals surface area (Å²) in [6.45, 7) is 9.14. The van der Waals surface area contributed by atoms with E-state index >= 15 is 0 Å². The number of thiazole rings is 1. The first-order chi connectivity index (χ1) is 15.5. The normalized spacial score (nSPS) is 11.9. The summed E-state index contributed by atoms with van der Waals surface area (Å²) in [5.41, 5.74) is 2.68. The minimum absolute atomic E-state index is 0.123. The first kappa shape index (κ1) is 25.2. The second-order valence-electron chi connectivity index (χ2n) is 8.16. The van der Waals surface area contributed by atoms with Gasteiger partial charge in [0.15, 0.2) is 5.13 Å². The monoisotopic (exact) mass is 490 g/mol. The lowest BCUT2D eigenvalue weighted by Crippen LogP contribution is -2.12. The molecule has 3 aromatic rings. The average molecular weight is 491 g/mol. The van der Waals surface area contributed by atoms with Crippen molar-refractivity contribution in [1.29, 1.82) is 0 Å². The molecular weight excluding hydrogens is 462 g/mol. The summed E-state index contributed by atoms with van der Waals surface area (Å²) in [5.74, 6) is -0.618. The fourth-order valence-corrected chi connectivity index (χ4v) is 6.19. The van der Waals surface area contributed by atoms with Gasteiger partial charge in [0.05, 0.1) is 24.1 Å². The molecule has 0 atom stereocenters. The van der Waals surface area contributed by atoms with Crippen LogP contribution in [0.15, 0.2) is 48.5 Å². The number of aryl methyl sites for hydroxylation is 1. The van der Waals surface area contributed by atoms with Gasteiger partial charge in [0, 0.05) is 16.0 Å². The molecule has 6 nitrogen and oxygen atoms in total. The van der Waals surface area contributed by atoms with Crippen molar-refractivity contribution in [1.82, 2.24) is 4.98 Å². The number of benzene rings is 2. The zero-order valence-corrected chi connectivity index (χ0v) is 21.0. The van der Waals surface area contributed by atoms with Crippen molar-refractivity contribution in [2.75, 3.05) is 5.32 Å². The van der Waals surface area contributed by atoms with E-state index in [1.807, 2.05) is 34.6 Å². The van der Waals surface area contributed by atoms with Crippen molar-refractivity contribution < 1.29 is 22.8 Å². The van der Waals surface area contributed by atoms with Gasteiger partial charge in [0.1, 0.15) is 5.82 Å². The van der Waals surface area contributed by atoms with Crippen LogP contribution in [0.5, 0.6) is 0 Å². The molecule has 1 aromatic heterocycles. The highest BCUT2D eigenvalue weighted by atomic mass is 32.1. The smallest absolute Gasteiger partial charge is 0.306 e. The Hall–Kier alpha value is -2.38. The number of hydrogen-bond acceptors (Lipinski definition) is 6. The van der Waals surface area contributed by atoms with E-state index in [0.717, 1.165) is 16.0 Å². The SMILES string of the molecule is Cc1sc(NC(=O)c2ccc(CP(=O)(OC(C)C)OC(C)C)cc2)nc1-c1ccc(F)cc1. The molecule has 0 spiro atoms. The van der Waals surface area contributed by atoms with E-state index in [2.05, 4.69) is 10.3 Å². The Morgan fingerprint density at radius 2 is 1.61 bits per heavy atom. The number of hydrogen-bond donors (Lipinski definition) is 1. The maximum absolute atomic E-state index is 13.2. The van der Waals surface area contributed by atoms with Crippen LogP contribution in [0.2, 0.25) is 0 Å². The highest BCUT2D eigenvalue weighted by Gasteiger charge is 2.28. The first-order valence-electron chi connectivity index (χ1n) is 10.6. The highest BCUT2D eigenvalue weighted by Crippen LogP contribution is 2.53. The van der Waals surface area contributed by atoms with Crippen molar-refractivity contribution in [2.24, 2.45) is 0 Å². The summed E-state index contributed by atoms with van der Waals surface area (Å²) in [6.07, 6.45) is -0.347. The molecule has 2 aromatic carbocycles. The number of nitrogens with zero attached hydrogens (tertiary/aromatic N) is 1. The van der Waals surface area contributed by atoms with Crippen molar-refractivity contribution in [2.45, 2.75) is 53.0 Å². The molecule has 176 valence electrons. The summed E-state index contributed by atoms with van der Waals surface area (Å²) in [4.78, 5) is 18.1. The van der Waals surface area contributed by atoms with Crippen LogP contribution in [0.1, 0.15) is 48.5 Å². The van der Waals surface area contributed by atoms with Crippen LogP contribution in [0, 0.1) is 12.7 Å². The number of carbonyl (C=O) groups is 1. The van der Waals surface area contributed by atoms with Gasteiger partial charge < -0.3 is 9.05 Å². The Morgan fingerprint density at radius 3 is 2.15 bits per heavy atom. The van der Waals surface area contributed by atoms with Gasteiger partial charge in [-0.1, -0.05) is 12.1 Å². The number of carbonyl (C=O) groups excluding carboxylic acids is 1. The quantitative estimate of drug-likeness (QED) is 0.325. The van der Waals surface area contributed by atoms with Crippen LogP contribution in [0.25, 0.3) is 11.3 Å². The minimum atomic E-state index is -3.31. The fraction of sp³-hybridized carbons (Fsp3) is 0.333. The van der Waals surface area contributed by atoms with Crippen molar-refractivity contribution in [3.8, 4) is 11.3 Å². The van der Waals surface area contributed by atoms with E-state index < -0.39 is 7.60 Å². The van der Waals surface area contributed by atoms with Gasteiger partial charge in [-0.3, -0.25) is 14.7 Å². The lowest BCUT2D eigenvalue weighted by molar-refractivity contribution is 0.102. The maximum Gasteiger partial charge on any atom is 0.335 e. The van der Waals surface area contributed by atoms with Crippen LogP contribution in [-0.2, 0) is 19.8 Å². The predicted octanol–water partition coefficient (Wildman–Crippen LogP) is 7.05. The van der Waals surface area contributed by atoms with E-state index in [-0.39, 0.29) is 30.1 Å². The number of rotatable bonds is 9. The summed E-state index contributed by atoms with van der Waals surface area (Å²) in [5, 5.41) is 3.27. The minimum Gasteiger partial charge on any atom is -0.306 e. The molecule has 0 unspecified atom stereocenters. The molecule has 3 rings (SSSR count). The van der Waals surface area contributed by atoms with Gasteiger partial charge in [-0.2, -0.15) is 0 Å². The van der Waals surface area contributed by atoms with Crippen molar-refractivity contribution in [3.63, 3.8) is 0 Å². The Morgan fingerprint density at radius 1 is 1.03 bits per heavy atom. The van der Waals surface area contributed by atoms with E-state index in [4.69, 9.17) is 9.05 Å². The van der Waals surface area contributed by atoms with Gasteiger partial charge in [-0.25, -0.2) is 9.37 Å². The molecule has 0 saturated heterocycles. The Kier molecular flexibility index (Phi) is 8.19. The molecule has 1 heterocycles. The molecule has 33 heavy (non-hydrogen) atoms. The topological polar surface area (TPSA) is 77.5 Å². The molecule has 0 aliphatic rings. The third kappa shape index (κ3) is 7.05. The Balaban J connectivity index is 1.70. The largest absolute Gasteiger partial charge is 0.335 e. The third-order valence-electron chi connectivity index (χ3n) is 4.47. The van der Waals surface area contributed by atoms with E-state index in [0.29, 0.717) is 16.4 Å². The number of nitrogens with one attached hydrogen (secondary N) is 1. The molecular formula is C24H28FN2O4PS. The zero-order valence-electron chi connectivity index (χ0n) is 19.3. The first-order valence-corrected chi connectivity index (χ1v) is 13.2. The summed E-state index contributed by atoms with van der Waals surface area (Å²) >= 11 is 1.35. The van der Waals surface area contributed by atoms with Crippen LogP contribution in [0.3, 0.4) is 0 Å². The molecule has 1 N–H and O–H groups in total. The lowest BCUT2D eigenvalue weighted by atomic mass is 10.1. The van der Waals surface area contributed by atoms with Crippen molar-refractivity contribution >= 4 is 30.0 Å². The predicted molar refractivity (Wildman–Crippen MR) is 130 cm³/mol. The number of anilines is 1. The van der Waals surface area contributed by atoms with Crippen molar-refractivity contribution in [3.05, 3.63) is 70.4 Å². The molecule has 0 radical (unpaired) electrons. The second-order valence-corrected chi connectivity index (χ2v) is 11.3. The third-order valence-corrected chi connectivity index (χ3v) is 7.59. The molecule has 0 fully saturated rings. The molecule has 1 amide bonds. The molecule has 0 bridgehead atoms. The van der Waals surface area contributed by atoms with E-state index in [9.17, 15) is 13.8 Å². The zero-order chi connectivity index (χ0) is 24.2. The van der Waals surface area contributed by atoms with Gasteiger partial charge >= 0.3 is 7.60 Å². The van der Waals surface area contributed by atoms with E-state index in [1.165, 1.54) is 23.5 Å². The van der Waals surface area contributed by atoms with E-state index in [1.54, 1.807) is 36.4 Å². The average Bonchev–Trinajstić information content (AvgIpc) is 3.07. The Labute approximate surface area is 197 Å².